The van der Waals surface area contributed by atoms with Crippen LogP contribution in [0.3, 0.4) is 0 Å². The molecule has 12 aromatic rings. The van der Waals surface area contributed by atoms with Crippen LogP contribution in [0.5, 0.6) is 0 Å². The Kier molecular flexibility index (Phi) is 14.2. The molecule has 0 saturated heterocycles. The Morgan fingerprint density at radius 1 is 0.405 bits per heavy atom. The van der Waals surface area contributed by atoms with Crippen molar-refractivity contribution in [3.05, 3.63) is 229 Å². The Morgan fingerprint density at radius 2 is 0.919 bits per heavy atom. The molecule has 3 aromatic heterocycles. The van der Waals surface area contributed by atoms with E-state index in [1.165, 1.54) is 50.3 Å². The first kappa shape index (κ1) is 49.9. The molecular formula is C68H60IrN4O-2. The summed E-state index contributed by atoms with van der Waals surface area (Å²) in [6.07, 6.45) is 0. The Hall–Kier alpha value is -7.63. The second-order valence-electron chi connectivity index (χ2n) is 20.3. The first-order valence-electron chi connectivity index (χ1n) is 25.8. The van der Waals surface area contributed by atoms with Crippen LogP contribution in [0.1, 0.15) is 101 Å². The van der Waals surface area contributed by atoms with Crippen molar-refractivity contribution in [2.45, 2.75) is 79.1 Å². The smallest absolute Gasteiger partial charge is 0.121 e. The van der Waals surface area contributed by atoms with E-state index >= 15 is 0 Å². The minimum absolute atomic E-state index is 0. The van der Waals surface area contributed by atoms with Crippen molar-refractivity contribution in [1.82, 2.24) is 19.1 Å². The molecule has 369 valence electrons. The van der Waals surface area contributed by atoms with Gasteiger partial charge in [-0.1, -0.05) is 182 Å². The number of furan rings is 1. The number of rotatable bonds is 10. The Bertz CT molecular complexity index is 3860. The number of nitrogens with zero attached hydrogens (tertiary/aromatic N) is 4. The molecule has 0 unspecified atom stereocenters. The molecule has 0 atom stereocenters. The van der Waals surface area contributed by atoms with E-state index in [4.69, 9.17) is 14.4 Å². The predicted octanol–water partition coefficient (Wildman–Crippen LogP) is 18.7. The largest absolute Gasteiger partial charge is 0.501 e. The minimum atomic E-state index is 0. The van der Waals surface area contributed by atoms with Gasteiger partial charge in [-0.05, 0) is 111 Å². The minimum Gasteiger partial charge on any atom is -0.501 e. The molecule has 0 aliphatic rings. The van der Waals surface area contributed by atoms with Crippen molar-refractivity contribution in [2.75, 3.05) is 0 Å². The number of imidazole rings is 2. The molecule has 12 rings (SSSR count). The van der Waals surface area contributed by atoms with Gasteiger partial charge in [0, 0.05) is 36.9 Å². The molecule has 3 heterocycles. The van der Waals surface area contributed by atoms with Gasteiger partial charge in [-0.15, -0.1) is 54.1 Å². The van der Waals surface area contributed by atoms with Gasteiger partial charge in [0.05, 0.1) is 39.3 Å². The summed E-state index contributed by atoms with van der Waals surface area (Å²) in [6, 6.07) is 75.0. The van der Waals surface area contributed by atoms with Crippen LogP contribution in [0.4, 0.5) is 0 Å². The first-order valence-corrected chi connectivity index (χ1v) is 25.8. The average molecular weight is 1140 g/mol. The van der Waals surface area contributed by atoms with Crippen LogP contribution >= 0.6 is 0 Å². The maximum Gasteiger partial charge on any atom is 0.121 e. The molecule has 0 saturated carbocycles. The zero-order valence-corrected chi connectivity index (χ0v) is 45.7. The number of hydrogen-bond acceptors (Lipinski definition) is 3. The first-order chi connectivity index (χ1) is 35.5. The molecular weight excluding hydrogens is 1080 g/mol. The van der Waals surface area contributed by atoms with Gasteiger partial charge >= 0.3 is 0 Å². The molecule has 0 bridgehead atoms. The molecule has 1 radical (unpaired) electrons. The van der Waals surface area contributed by atoms with E-state index in [1.54, 1.807) is 0 Å². The van der Waals surface area contributed by atoms with E-state index in [0.29, 0.717) is 11.8 Å². The van der Waals surface area contributed by atoms with E-state index < -0.39 is 0 Å². The Balaban J connectivity index is 0.000000191. The summed E-state index contributed by atoms with van der Waals surface area (Å²) in [7, 11) is 0. The fourth-order valence-corrected chi connectivity index (χ4v) is 10.5. The van der Waals surface area contributed by atoms with Gasteiger partial charge in [0.2, 0.25) is 0 Å². The van der Waals surface area contributed by atoms with Crippen LogP contribution in [0.15, 0.2) is 199 Å². The van der Waals surface area contributed by atoms with Gasteiger partial charge in [0.15, 0.2) is 0 Å². The molecule has 0 aliphatic heterocycles. The maximum absolute atomic E-state index is 6.73. The van der Waals surface area contributed by atoms with Crippen molar-refractivity contribution >= 4 is 44.0 Å². The zero-order chi connectivity index (χ0) is 50.3. The molecule has 0 amide bonds. The van der Waals surface area contributed by atoms with E-state index in [-0.39, 0.29) is 31.9 Å². The summed E-state index contributed by atoms with van der Waals surface area (Å²) in [5.74, 6) is 3.21. The van der Waals surface area contributed by atoms with Gasteiger partial charge in [-0.25, -0.2) is 0 Å². The molecule has 0 spiro atoms. The fourth-order valence-electron chi connectivity index (χ4n) is 10.5. The van der Waals surface area contributed by atoms with Crippen molar-refractivity contribution in [3.8, 4) is 56.4 Å². The maximum atomic E-state index is 6.73. The molecule has 0 fully saturated rings. The number of fused-ring (bicyclic) bond motifs is 5. The monoisotopic (exact) mass is 1140 g/mol. The van der Waals surface area contributed by atoms with Crippen molar-refractivity contribution in [2.24, 2.45) is 0 Å². The van der Waals surface area contributed by atoms with Crippen molar-refractivity contribution < 1.29 is 24.5 Å². The second-order valence-corrected chi connectivity index (χ2v) is 20.3. The van der Waals surface area contributed by atoms with Gasteiger partial charge < -0.3 is 13.6 Å². The van der Waals surface area contributed by atoms with Gasteiger partial charge in [-0.2, -0.15) is 0 Å². The summed E-state index contributed by atoms with van der Waals surface area (Å²) < 4.78 is 11.4. The van der Waals surface area contributed by atoms with Crippen molar-refractivity contribution in [3.63, 3.8) is 0 Å². The van der Waals surface area contributed by atoms with Crippen LogP contribution in [0.25, 0.3) is 100 Å². The third kappa shape index (κ3) is 9.23. The predicted molar refractivity (Wildman–Crippen MR) is 305 cm³/mol. The van der Waals surface area contributed by atoms with E-state index in [0.717, 1.165) is 72.3 Å². The standard InChI is InChI=1S/C43H35N2O.C25H25N2.Ir/c1-27(2)36-24-32(30-16-9-6-10-17-30)25-37(28(3)4)41(36)45-39-21-12-11-20-38(39)44-43(45)35-19-13-18-34-33-23-22-31(26-40(33)46-42(34)35)29-14-7-5-8-15-29;1-17(2)20-13-10-14-21(18(3)4)24(20)27-23-16-9-8-15-22(23)26-25(27)19-11-6-5-7-12-19;/h5-18,20-28H,1-4H3;5-11,13-18H,1-4H3;/q2*-1;. The third-order valence-electron chi connectivity index (χ3n) is 14.1. The van der Waals surface area contributed by atoms with Crippen molar-refractivity contribution in [1.29, 1.82) is 0 Å². The van der Waals surface area contributed by atoms with Gasteiger partial charge in [0.25, 0.3) is 0 Å². The van der Waals surface area contributed by atoms with Gasteiger partial charge in [0.1, 0.15) is 5.58 Å². The van der Waals surface area contributed by atoms with E-state index in [9.17, 15) is 0 Å². The Morgan fingerprint density at radius 3 is 1.49 bits per heavy atom. The third-order valence-corrected chi connectivity index (χ3v) is 14.1. The van der Waals surface area contributed by atoms with E-state index in [2.05, 4.69) is 240 Å². The summed E-state index contributed by atoms with van der Waals surface area (Å²) >= 11 is 0. The Labute approximate surface area is 448 Å². The zero-order valence-electron chi connectivity index (χ0n) is 43.3. The summed E-state index contributed by atoms with van der Waals surface area (Å²) in [6.45, 7) is 18.2. The molecule has 0 aliphatic carbocycles. The summed E-state index contributed by atoms with van der Waals surface area (Å²) in [4.78, 5) is 10.3. The fraction of sp³-hybridized carbons (Fsp3) is 0.176. The molecule has 74 heavy (non-hydrogen) atoms. The van der Waals surface area contributed by atoms with Gasteiger partial charge in [-0.3, -0.25) is 9.97 Å². The van der Waals surface area contributed by atoms with Crippen LogP contribution < -0.4 is 0 Å². The normalized spacial score (nSPS) is 11.6. The van der Waals surface area contributed by atoms with E-state index in [1.807, 2.05) is 30.3 Å². The SMILES string of the molecule is CC(C)c1cc(-c2ccccc2)cc(C(C)C)c1-n1c(-c2[c-]ccc3c2oc2cc(-c4ccccc4)ccc23)nc2ccccc21.CC(C)c1cccc(C(C)C)c1-n1c(-c2[c-]cccc2)nc2ccccc21.[Ir]. The number of aromatic nitrogens is 4. The van der Waals surface area contributed by atoms with Crippen LogP contribution in [0, 0.1) is 12.1 Å². The molecule has 9 aromatic carbocycles. The number of benzene rings is 9. The second kappa shape index (κ2) is 21.1. The average Bonchev–Trinajstić information content (AvgIpc) is 4.12. The van der Waals surface area contributed by atoms with Crippen LogP contribution in [0.2, 0.25) is 0 Å². The number of hydrogen-bond donors (Lipinski definition) is 0. The van der Waals surface area contributed by atoms with Crippen LogP contribution in [-0.4, -0.2) is 19.1 Å². The molecule has 0 N–H and O–H groups in total. The topological polar surface area (TPSA) is 48.8 Å². The quantitative estimate of drug-likeness (QED) is 0.128. The summed E-state index contributed by atoms with van der Waals surface area (Å²) in [5.41, 5.74) is 20.2. The van der Waals surface area contributed by atoms with Crippen LogP contribution in [-0.2, 0) is 20.1 Å². The molecule has 6 heteroatoms. The summed E-state index contributed by atoms with van der Waals surface area (Å²) in [5, 5.41) is 2.15. The molecule has 5 nitrogen and oxygen atoms in total. The number of para-hydroxylation sites is 5.